The Balaban J connectivity index is 1.86. The topological polar surface area (TPSA) is 66.7 Å². The Kier molecular flexibility index (Phi) is 6.09. The first-order chi connectivity index (χ1) is 13.5. The van der Waals surface area contributed by atoms with Crippen LogP contribution in [0.3, 0.4) is 0 Å². The van der Waals surface area contributed by atoms with Gasteiger partial charge in [-0.2, -0.15) is 0 Å². The molecule has 6 nitrogen and oxygen atoms in total. The quantitative estimate of drug-likeness (QED) is 0.685. The van der Waals surface area contributed by atoms with Gasteiger partial charge in [0.15, 0.2) is 5.69 Å². The highest BCUT2D eigenvalue weighted by Gasteiger charge is 2.23. The molecule has 0 aliphatic carbocycles. The van der Waals surface area contributed by atoms with Crippen LogP contribution in [-0.4, -0.2) is 39.7 Å². The lowest BCUT2D eigenvalue weighted by Crippen LogP contribution is -2.29. The van der Waals surface area contributed by atoms with E-state index in [1.165, 1.54) is 0 Å². The summed E-state index contributed by atoms with van der Waals surface area (Å²) in [7, 11) is 1.76. The van der Waals surface area contributed by atoms with Crippen molar-refractivity contribution in [1.29, 1.82) is 0 Å². The van der Waals surface area contributed by atoms with Crippen LogP contribution in [0.4, 0.5) is 0 Å². The van der Waals surface area contributed by atoms with E-state index in [9.17, 15) is 9.59 Å². The number of benzene rings is 1. The van der Waals surface area contributed by atoms with Crippen LogP contribution in [0.25, 0.3) is 5.52 Å². The maximum Gasteiger partial charge on any atom is 0.289 e. The van der Waals surface area contributed by atoms with Crippen LogP contribution in [-0.2, 0) is 6.54 Å². The second-order valence-corrected chi connectivity index (χ2v) is 6.93. The molecule has 6 heteroatoms. The summed E-state index contributed by atoms with van der Waals surface area (Å²) in [6, 6.07) is 13.4. The van der Waals surface area contributed by atoms with Gasteiger partial charge in [-0.15, -0.1) is 0 Å². The third-order valence-corrected chi connectivity index (χ3v) is 4.85. The molecule has 0 bridgehead atoms. The number of pyridine rings is 1. The van der Waals surface area contributed by atoms with Crippen LogP contribution >= 0.6 is 0 Å². The number of rotatable bonds is 7. The largest absolute Gasteiger partial charge is 0.347 e. The van der Waals surface area contributed by atoms with E-state index in [1.807, 2.05) is 43.3 Å². The third kappa shape index (κ3) is 4.06. The molecule has 0 fully saturated rings. The van der Waals surface area contributed by atoms with E-state index in [2.05, 4.69) is 17.2 Å². The molecule has 0 saturated heterocycles. The average Bonchev–Trinajstić information content (AvgIpc) is 3.10. The normalized spacial score (nSPS) is 10.8. The minimum atomic E-state index is -0.290. The number of aryl methyl sites for hydroxylation is 1. The molecule has 0 radical (unpaired) electrons. The molecule has 2 heterocycles. The van der Waals surface area contributed by atoms with Crippen LogP contribution in [0, 0.1) is 6.92 Å². The van der Waals surface area contributed by atoms with Gasteiger partial charge in [0.25, 0.3) is 11.8 Å². The molecule has 1 aromatic carbocycles. The van der Waals surface area contributed by atoms with Gasteiger partial charge in [0.2, 0.25) is 5.82 Å². The van der Waals surface area contributed by atoms with Crippen molar-refractivity contribution < 1.29 is 9.59 Å². The number of amides is 2. The molecule has 3 rings (SSSR count). The molecule has 0 spiro atoms. The minimum Gasteiger partial charge on any atom is -0.347 e. The third-order valence-electron chi connectivity index (χ3n) is 4.85. The van der Waals surface area contributed by atoms with E-state index in [4.69, 9.17) is 0 Å². The summed E-state index contributed by atoms with van der Waals surface area (Å²) in [6.45, 7) is 5.17. The van der Waals surface area contributed by atoms with Crippen LogP contribution in [0.2, 0.25) is 0 Å². The zero-order valence-electron chi connectivity index (χ0n) is 16.6. The van der Waals surface area contributed by atoms with E-state index in [-0.39, 0.29) is 23.3 Å². The second-order valence-electron chi connectivity index (χ2n) is 6.93. The summed E-state index contributed by atoms with van der Waals surface area (Å²) < 4.78 is 1.69. The highest BCUT2D eigenvalue weighted by Crippen LogP contribution is 2.15. The maximum atomic E-state index is 12.8. The van der Waals surface area contributed by atoms with Crippen molar-refractivity contribution in [1.82, 2.24) is 19.6 Å². The molecule has 3 aromatic rings. The van der Waals surface area contributed by atoms with E-state index in [0.29, 0.717) is 18.6 Å². The Morgan fingerprint density at radius 2 is 1.89 bits per heavy atom. The van der Waals surface area contributed by atoms with Crippen LogP contribution in [0.1, 0.15) is 52.0 Å². The molecular formula is C22H26N4O2. The molecule has 146 valence electrons. The molecule has 2 amide bonds. The van der Waals surface area contributed by atoms with Gasteiger partial charge in [-0.05, 0) is 36.6 Å². The van der Waals surface area contributed by atoms with Gasteiger partial charge in [-0.1, -0.05) is 43.7 Å². The number of aromatic nitrogens is 2. The Morgan fingerprint density at radius 1 is 1.14 bits per heavy atom. The van der Waals surface area contributed by atoms with Crippen molar-refractivity contribution in [2.24, 2.45) is 0 Å². The SMILES string of the molecule is CCCCN(C)C(=O)c1nc(C(=O)NCc2ccccc2C)c2ccccn12. The maximum absolute atomic E-state index is 12.8. The summed E-state index contributed by atoms with van der Waals surface area (Å²) in [4.78, 5) is 31.7. The summed E-state index contributed by atoms with van der Waals surface area (Å²) in [5, 5.41) is 2.92. The summed E-state index contributed by atoms with van der Waals surface area (Å²) >= 11 is 0. The van der Waals surface area contributed by atoms with Gasteiger partial charge < -0.3 is 10.2 Å². The van der Waals surface area contributed by atoms with Crippen molar-refractivity contribution >= 4 is 17.3 Å². The van der Waals surface area contributed by atoms with Crippen molar-refractivity contribution in [2.75, 3.05) is 13.6 Å². The molecule has 0 saturated carbocycles. The predicted molar refractivity (Wildman–Crippen MR) is 109 cm³/mol. The summed E-state index contributed by atoms with van der Waals surface area (Å²) in [5.74, 6) is -0.218. The molecule has 28 heavy (non-hydrogen) atoms. The van der Waals surface area contributed by atoms with E-state index >= 15 is 0 Å². The molecule has 0 aliphatic rings. The summed E-state index contributed by atoms with van der Waals surface area (Å²) in [5.41, 5.74) is 3.05. The standard InChI is InChI=1S/C22H26N4O2/c1-4-5-13-25(3)22(28)20-24-19(18-12-8-9-14-26(18)20)21(27)23-15-17-11-7-6-10-16(17)2/h6-12,14H,4-5,13,15H2,1-3H3,(H,23,27). The zero-order chi connectivity index (χ0) is 20.1. The number of nitrogens with one attached hydrogen (secondary N) is 1. The van der Waals surface area contributed by atoms with Crippen molar-refractivity contribution in [3.05, 3.63) is 71.3 Å². The van der Waals surface area contributed by atoms with Gasteiger partial charge in [-0.3, -0.25) is 14.0 Å². The minimum absolute atomic E-state index is 0.187. The number of hydrogen-bond donors (Lipinski definition) is 1. The number of hydrogen-bond acceptors (Lipinski definition) is 3. The fourth-order valence-electron chi connectivity index (χ4n) is 3.09. The number of nitrogens with zero attached hydrogens (tertiary/aromatic N) is 3. The lowest BCUT2D eigenvalue weighted by Gasteiger charge is -2.15. The molecule has 2 aromatic heterocycles. The molecule has 1 N–H and O–H groups in total. The fourth-order valence-corrected chi connectivity index (χ4v) is 3.09. The van der Waals surface area contributed by atoms with E-state index < -0.39 is 0 Å². The molecule has 0 atom stereocenters. The number of imidazole rings is 1. The molecule has 0 unspecified atom stereocenters. The smallest absolute Gasteiger partial charge is 0.289 e. The van der Waals surface area contributed by atoms with E-state index in [0.717, 1.165) is 24.0 Å². The molecular weight excluding hydrogens is 352 g/mol. The first-order valence-corrected chi connectivity index (χ1v) is 9.58. The van der Waals surface area contributed by atoms with Crippen molar-refractivity contribution in [2.45, 2.75) is 33.2 Å². The Labute approximate surface area is 165 Å². The summed E-state index contributed by atoms with van der Waals surface area (Å²) in [6.07, 6.45) is 3.70. The van der Waals surface area contributed by atoms with E-state index in [1.54, 1.807) is 28.6 Å². The van der Waals surface area contributed by atoms with Gasteiger partial charge in [-0.25, -0.2) is 4.98 Å². The first kappa shape index (κ1) is 19.6. The number of unbranched alkanes of at least 4 members (excludes halogenated alkanes) is 1. The highest BCUT2D eigenvalue weighted by molar-refractivity contribution is 6.02. The van der Waals surface area contributed by atoms with Gasteiger partial charge in [0.05, 0.1) is 5.52 Å². The van der Waals surface area contributed by atoms with Crippen LogP contribution in [0.5, 0.6) is 0 Å². The average molecular weight is 378 g/mol. The Hall–Kier alpha value is -3.15. The number of carbonyl (C=O) groups excluding carboxylic acids is 2. The monoisotopic (exact) mass is 378 g/mol. The van der Waals surface area contributed by atoms with Gasteiger partial charge in [0.1, 0.15) is 0 Å². The van der Waals surface area contributed by atoms with Gasteiger partial charge >= 0.3 is 0 Å². The first-order valence-electron chi connectivity index (χ1n) is 9.58. The van der Waals surface area contributed by atoms with Gasteiger partial charge in [0, 0.05) is 26.3 Å². The van der Waals surface area contributed by atoms with Crippen LogP contribution in [0.15, 0.2) is 48.7 Å². The predicted octanol–water partition coefficient (Wildman–Crippen LogP) is 3.44. The lowest BCUT2D eigenvalue weighted by molar-refractivity contribution is 0.0780. The number of fused-ring (bicyclic) bond motifs is 1. The number of carbonyl (C=O) groups is 2. The Morgan fingerprint density at radius 3 is 2.64 bits per heavy atom. The van der Waals surface area contributed by atoms with Crippen molar-refractivity contribution in [3.63, 3.8) is 0 Å². The zero-order valence-corrected chi connectivity index (χ0v) is 16.6. The van der Waals surface area contributed by atoms with Crippen molar-refractivity contribution in [3.8, 4) is 0 Å². The second kappa shape index (κ2) is 8.69. The van der Waals surface area contributed by atoms with Crippen LogP contribution < -0.4 is 5.32 Å². The Bertz CT molecular complexity index is 993. The fraction of sp³-hybridized carbons (Fsp3) is 0.318. The lowest BCUT2D eigenvalue weighted by atomic mass is 10.1. The molecule has 0 aliphatic heterocycles. The highest BCUT2D eigenvalue weighted by atomic mass is 16.2.